The van der Waals surface area contributed by atoms with Crippen LogP contribution in [0.5, 0.6) is 5.75 Å². The SMILES string of the molecule is COc1ccc(N2CCOCC2)cc1CO. The fraction of sp³-hybridized carbons (Fsp3) is 0.500. The minimum atomic E-state index is 0.00134. The number of benzene rings is 1. The van der Waals surface area contributed by atoms with Crippen LogP contribution in [-0.2, 0) is 11.3 Å². The van der Waals surface area contributed by atoms with Gasteiger partial charge in [0.15, 0.2) is 0 Å². The van der Waals surface area contributed by atoms with Gasteiger partial charge in [-0.1, -0.05) is 0 Å². The number of rotatable bonds is 3. The molecule has 1 fully saturated rings. The minimum absolute atomic E-state index is 0.00134. The highest BCUT2D eigenvalue weighted by molar-refractivity contribution is 5.53. The van der Waals surface area contributed by atoms with Crippen LogP contribution in [0.15, 0.2) is 18.2 Å². The quantitative estimate of drug-likeness (QED) is 0.831. The highest BCUT2D eigenvalue weighted by Gasteiger charge is 2.12. The number of morpholine rings is 1. The van der Waals surface area contributed by atoms with Crippen LogP contribution in [-0.4, -0.2) is 38.5 Å². The summed E-state index contributed by atoms with van der Waals surface area (Å²) in [5.74, 6) is 0.736. The first-order chi connectivity index (χ1) is 7.85. The molecule has 1 saturated heterocycles. The van der Waals surface area contributed by atoms with Gasteiger partial charge in [0.1, 0.15) is 5.75 Å². The second-order valence-corrected chi connectivity index (χ2v) is 3.75. The Labute approximate surface area is 95.4 Å². The summed E-state index contributed by atoms with van der Waals surface area (Å²) in [5.41, 5.74) is 1.94. The van der Waals surface area contributed by atoms with Crippen molar-refractivity contribution in [2.75, 3.05) is 38.3 Å². The Bertz CT molecular complexity index is 348. The Morgan fingerprint density at radius 1 is 1.38 bits per heavy atom. The van der Waals surface area contributed by atoms with Crippen LogP contribution >= 0.6 is 0 Å². The molecule has 1 heterocycles. The molecule has 0 saturated carbocycles. The normalized spacial score (nSPS) is 16.2. The highest BCUT2D eigenvalue weighted by Crippen LogP contribution is 2.25. The smallest absolute Gasteiger partial charge is 0.124 e. The Balaban J connectivity index is 2.20. The average Bonchev–Trinajstić information content (AvgIpc) is 2.39. The van der Waals surface area contributed by atoms with Crippen molar-refractivity contribution in [3.05, 3.63) is 23.8 Å². The molecule has 1 aromatic carbocycles. The van der Waals surface area contributed by atoms with Gasteiger partial charge in [-0.15, -0.1) is 0 Å². The highest BCUT2D eigenvalue weighted by atomic mass is 16.5. The molecular weight excluding hydrogens is 206 g/mol. The molecule has 1 aromatic rings. The molecule has 0 aliphatic carbocycles. The molecule has 0 bridgehead atoms. The summed E-state index contributed by atoms with van der Waals surface area (Å²) in [6, 6.07) is 5.89. The predicted molar refractivity (Wildman–Crippen MR) is 61.9 cm³/mol. The van der Waals surface area contributed by atoms with Gasteiger partial charge in [0.05, 0.1) is 26.9 Å². The van der Waals surface area contributed by atoms with E-state index in [4.69, 9.17) is 9.47 Å². The standard InChI is InChI=1S/C12H17NO3/c1-15-12-3-2-11(8-10(12)9-14)13-4-6-16-7-5-13/h2-3,8,14H,4-7,9H2,1H3. The van der Waals surface area contributed by atoms with Gasteiger partial charge in [-0.2, -0.15) is 0 Å². The molecule has 0 aromatic heterocycles. The fourth-order valence-electron chi connectivity index (χ4n) is 1.91. The number of aliphatic hydroxyl groups is 1. The molecule has 4 heteroatoms. The molecule has 1 aliphatic heterocycles. The third-order valence-corrected chi connectivity index (χ3v) is 2.81. The van der Waals surface area contributed by atoms with Gasteiger partial charge >= 0.3 is 0 Å². The van der Waals surface area contributed by atoms with E-state index in [-0.39, 0.29) is 6.61 Å². The second kappa shape index (κ2) is 5.18. The van der Waals surface area contributed by atoms with E-state index in [0.29, 0.717) is 0 Å². The number of anilines is 1. The molecule has 1 aliphatic rings. The molecule has 88 valence electrons. The van der Waals surface area contributed by atoms with Crippen molar-refractivity contribution in [2.45, 2.75) is 6.61 Å². The van der Waals surface area contributed by atoms with E-state index in [2.05, 4.69) is 4.90 Å². The van der Waals surface area contributed by atoms with Crippen LogP contribution in [0.2, 0.25) is 0 Å². The monoisotopic (exact) mass is 223 g/mol. The van der Waals surface area contributed by atoms with E-state index in [1.165, 1.54) is 0 Å². The lowest BCUT2D eigenvalue weighted by Gasteiger charge is -2.29. The zero-order chi connectivity index (χ0) is 11.4. The van der Waals surface area contributed by atoms with Crippen LogP contribution in [0.25, 0.3) is 0 Å². The minimum Gasteiger partial charge on any atom is -0.496 e. The zero-order valence-corrected chi connectivity index (χ0v) is 9.48. The van der Waals surface area contributed by atoms with Crippen LogP contribution in [0.3, 0.4) is 0 Å². The van der Waals surface area contributed by atoms with Crippen LogP contribution < -0.4 is 9.64 Å². The van der Waals surface area contributed by atoms with E-state index in [0.717, 1.165) is 43.3 Å². The number of hydrogen-bond acceptors (Lipinski definition) is 4. The van der Waals surface area contributed by atoms with Gasteiger partial charge in [0.2, 0.25) is 0 Å². The van der Waals surface area contributed by atoms with Gasteiger partial charge in [-0.25, -0.2) is 0 Å². The summed E-state index contributed by atoms with van der Waals surface area (Å²) < 4.78 is 10.5. The van der Waals surface area contributed by atoms with Crippen molar-refractivity contribution in [1.29, 1.82) is 0 Å². The molecule has 1 N–H and O–H groups in total. The van der Waals surface area contributed by atoms with Gasteiger partial charge in [-0.05, 0) is 18.2 Å². The van der Waals surface area contributed by atoms with Crippen molar-refractivity contribution in [1.82, 2.24) is 0 Å². The number of methoxy groups -OCH3 is 1. The predicted octanol–water partition coefficient (Wildman–Crippen LogP) is 1.02. The maximum atomic E-state index is 9.25. The first-order valence-corrected chi connectivity index (χ1v) is 5.45. The van der Waals surface area contributed by atoms with Gasteiger partial charge in [0.25, 0.3) is 0 Å². The topological polar surface area (TPSA) is 41.9 Å². The van der Waals surface area contributed by atoms with E-state index in [9.17, 15) is 5.11 Å². The third-order valence-electron chi connectivity index (χ3n) is 2.81. The van der Waals surface area contributed by atoms with Crippen molar-refractivity contribution in [3.8, 4) is 5.75 Å². The summed E-state index contributed by atoms with van der Waals surface area (Å²) in [5, 5.41) is 9.25. The summed E-state index contributed by atoms with van der Waals surface area (Å²) in [7, 11) is 1.61. The molecule has 0 radical (unpaired) electrons. The van der Waals surface area contributed by atoms with Crippen molar-refractivity contribution in [3.63, 3.8) is 0 Å². The Kier molecular flexibility index (Phi) is 3.64. The molecule has 0 spiro atoms. The molecule has 0 atom stereocenters. The molecule has 0 amide bonds. The summed E-state index contributed by atoms with van der Waals surface area (Å²) in [6.07, 6.45) is 0. The van der Waals surface area contributed by atoms with E-state index >= 15 is 0 Å². The maximum Gasteiger partial charge on any atom is 0.124 e. The van der Waals surface area contributed by atoms with Crippen molar-refractivity contribution < 1.29 is 14.6 Å². The van der Waals surface area contributed by atoms with Crippen LogP contribution in [0, 0.1) is 0 Å². The van der Waals surface area contributed by atoms with Crippen LogP contribution in [0.4, 0.5) is 5.69 Å². The van der Waals surface area contributed by atoms with E-state index in [1.807, 2.05) is 18.2 Å². The molecule has 2 rings (SSSR count). The summed E-state index contributed by atoms with van der Waals surface area (Å²) >= 11 is 0. The van der Waals surface area contributed by atoms with Crippen molar-refractivity contribution >= 4 is 5.69 Å². The zero-order valence-electron chi connectivity index (χ0n) is 9.48. The first kappa shape index (κ1) is 11.2. The number of aliphatic hydroxyl groups excluding tert-OH is 1. The van der Waals surface area contributed by atoms with Gasteiger partial charge < -0.3 is 19.5 Å². The lowest BCUT2D eigenvalue weighted by atomic mass is 10.1. The number of hydrogen-bond donors (Lipinski definition) is 1. The Morgan fingerprint density at radius 3 is 2.75 bits per heavy atom. The number of nitrogens with zero attached hydrogens (tertiary/aromatic N) is 1. The van der Waals surface area contributed by atoms with E-state index < -0.39 is 0 Å². The lowest BCUT2D eigenvalue weighted by Crippen LogP contribution is -2.36. The molecule has 0 unspecified atom stereocenters. The average molecular weight is 223 g/mol. The molecule has 4 nitrogen and oxygen atoms in total. The van der Waals surface area contributed by atoms with Gasteiger partial charge in [-0.3, -0.25) is 0 Å². The second-order valence-electron chi connectivity index (χ2n) is 3.75. The third kappa shape index (κ3) is 2.28. The van der Waals surface area contributed by atoms with Crippen LogP contribution in [0.1, 0.15) is 5.56 Å². The first-order valence-electron chi connectivity index (χ1n) is 5.45. The van der Waals surface area contributed by atoms with Crippen molar-refractivity contribution in [2.24, 2.45) is 0 Å². The largest absolute Gasteiger partial charge is 0.496 e. The maximum absolute atomic E-state index is 9.25. The Morgan fingerprint density at radius 2 is 2.12 bits per heavy atom. The van der Waals surface area contributed by atoms with Gasteiger partial charge in [0, 0.05) is 24.3 Å². The fourth-order valence-corrected chi connectivity index (χ4v) is 1.91. The Hall–Kier alpha value is -1.26. The lowest BCUT2D eigenvalue weighted by molar-refractivity contribution is 0.122. The number of ether oxygens (including phenoxy) is 2. The van der Waals surface area contributed by atoms with E-state index in [1.54, 1.807) is 7.11 Å². The summed E-state index contributed by atoms with van der Waals surface area (Å²) in [4.78, 5) is 2.25. The molecule has 16 heavy (non-hydrogen) atoms. The summed E-state index contributed by atoms with van der Waals surface area (Å²) in [6.45, 7) is 3.33. The molecular formula is C12H17NO3.